The van der Waals surface area contributed by atoms with Crippen LogP contribution in [-0.2, 0) is 4.74 Å². The molecule has 0 radical (unpaired) electrons. The zero-order chi connectivity index (χ0) is 21.0. The Hall–Kier alpha value is -3.91. The number of carbonyl (C=O) groups is 1. The van der Waals surface area contributed by atoms with E-state index in [1.165, 1.54) is 0 Å². The molecule has 31 heavy (non-hydrogen) atoms. The number of carbonyl (C=O) groups excluding carboxylic acids is 1. The molecule has 8 heteroatoms. The van der Waals surface area contributed by atoms with Crippen molar-refractivity contribution in [2.24, 2.45) is 0 Å². The van der Waals surface area contributed by atoms with E-state index in [1.807, 2.05) is 48.5 Å². The Kier molecular flexibility index (Phi) is 5.20. The predicted octanol–water partition coefficient (Wildman–Crippen LogP) is 3.62. The monoisotopic (exact) mass is 415 g/mol. The molecule has 3 aromatic heterocycles. The first-order valence-electron chi connectivity index (χ1n) is 10.1. The third kappa shape index (κ3) is 4.06. The molecule has 1 saturated heterocycles. The van der Waals surface area contributed by atoms with Crippen molar-refractivity contribution in [2.45, 2.75) is 0 Å². The molecule has 1 fully saturated rings. The summed E-state index contributed by atoms with van der Waals surface area (Å²) in [6.45, 7) is 3.01. The normalized spacial score (nSPS) is 13.9. The molecule has 5 rings (SSSR count). The van der Waals surface area contributed by atoms with Crippen LogP contribution in [0, 0.1) is 0 Å². The molecule has 4 heterocycles. The molecular formula is C23H21N5O3. The van der Waals surface area contributed by atoms with Crippen molar-refractivity contribution < 1.29 is 13.9 Å². The Bertz CT molecular complexity index is 1150. The summed E-state index contributed by atoms with van der Waals surface area (Å²) in [6, 6.07) is 18.6. The number of furan rings is 1. The second kappa shape index (κ2) is 8.45. The van der Waals surface area contributed by atoms with Gasteiger partial charge in [0.05, 0.1) is 37.0 Å². The van der Waals surface area contributed by atoms with Gasteiger partial charge >= 0.3 is 0 Å². The van der Waals surface area contributed by atoms with Crippen LogP contribution in [0.1, 0.15) is 10.5 Å². The Balaban J connectivity index is 1.40. The molecule has 1 aliphatic heterocycles. The van der Waals surface area contributed by atoms with Crippen LogP contribution in [0.5, 0.6) is 0 Å². The summed E-state index contributed by atoms with van der Waals surface area (Å²) < 4.78 is 12.5. The topological polar surface area (TPSA) is 85.4 Å². The third-order valence-corrected chi connectivity index (χ3v) is 5.06. The number of morpholine rings is 1. The maximum absolute atomic E-state index is 13.1. The lowest BCUT2D eigenvalue weighted by atomic mass is 10.2. The van der Waals surface area contributed by atoms with Crippen LogP contribution >= 0.6 is 0 Å². The van der Waals surface area contributed by atoms with Gasteiger partial charge in [-0.3, -0.25) is 4.79 Å². The summed E-state index contributed by atoms with van der Waals surface area (Å²) in [5.74, 6) is 1.19. The number of hydrogen-bond acceptors (Lipinski definition) is 6. The molecule has 1 amide bonds. The van der Waals surface area contributed by atoms with Crippen LogP contribution in [-0.4, -0.2) is 47.0 Å². The van der Waals surface area contributed by atoms with Gasteiger partial charge in [-0.25, -0.2) is 9.67 Å². The zero-order valence-electron chi connectivity index (χ0n) is 16.8. The van der Waals surface area contributed by atoms with Crippen molar-refractivity contribution >= 4 is 17.4 Å². The molecule has 4 aromatic rings. The van der Waals surface area contributed by atoms with E-state index in [2.05, 4.69) is 20.3 Å². The van der Waals surface area contributed by atoms with Crippen LogP contribution < -0.4 is 10.2 Å². The average molecular weight is 415 g/mol. The van der Waals surface area contributed by atoms with Gasteiger partial charge in [0.1, 0.15) is 17.2 Å². The van der Waals surface area contributed by atoms with E-state index < -0.39 is 0 Å². The molecule has 0 saturated carbocycles. The molecule has 0 bridgehead atoms. The number of nitrogens with one attached hydrogen (secondary N) is 1. The highest BCUT2D eigenvalue weighted by Crippen LogP contribution is 2.23. The molecule has 1 aliphatic rings. The second-order valence-corrected chi connectivity index (χ2v) is 7.10. The minimum atomic E-state index is -0.282. The summed E-state index contributed by atoms with van der Waals surface area (Å²) in [5.41, 5.74) is 2.38. The van der Waals surface area contributed by atoms with Gasteiger partial charge in [0.25, 0.3) is 5.91 Å². The number of aromatic nitrogens is 3. The maximum atomic E-state index is 13.1. The predicted molar refractivity (Wildman–Crippen MR) is 116 cm³/mol. The molecule has 0 atom stereocenters. The second-order valence-electron chi connectivity index (χ2n) is 7.10. The van der Waals surface area contributed by atoms with Crippen LogP contribution in [0.4, 0.5) is 11.5 Å². The largest absolute Gasteiger partial charge is 0.463 e. The minimum Gasteiger partial charge on any atom is -0.463 e. The lowest BCUT2D eigenvalue weighted by molar-refractivity contribution is 0.101. The smallest absolute Gasteiger partial charge is 0.274 e. The number of pyridine rings is 1. The van der Waals surface area contributed by atoms with E-state index in [9.17, 15) is 4.79 Å². The number of nitrogens with zero attached hydrogens (tertiary/aromatic N) is 4. The molecule has 0 unspecified atom stereocenters. The van der Waals surface area contributed by atoms with Gasteiger partial charge in [0.2, 0.25) is 0 Å². The van der Waals surface area contributed by atoms with Gasteiger partial charge in [-0.05, 0) is 36.4 Å². The maximum Gasteiger partial charge on any atom is 0.274 e. The molecular weight excluding hydrogens is 394 g/mol. The summed E-state index contributed by atoms with van der Waals surface area (Å²) in [7, 11) is 0. The van der Waals surface area contributed by atoms with Crippen LogP contribution in [0.25, 0.3) is 17.1 Å². The summed E-state index contributed by atoms with van der Waals surface area (Å²) in [4.78, 5) is 19.8. The zero-order valence-corrected chi connectivity index (χ0v) is 16.8. The third-order valence-electron chi connectivity index (χ3n) is 5.06. The summed E-state index contributed by atoms with van der Waals surface area (Å²) >= 11 is 0. The average Bonchev–Trinajstić information content (AvgIpc) is 3.51. The fraction of sp³-hybridized carbons (Fsp3) is 0.174. The van der Waals surface area contributed by atoms with Gasteiger partial charge < -0.3 is 19.4 Å². The van der Waals surface area contributed by atoms with Crippen molar-refractivity contribution in [3.63, 3.8) is 0 Å². The minimum absolute atomic E-state index is 0.282. The Morgan fingerprint density at radius 2 is 1.84 bits per heavy atom. The van der Waals surface area contributed by atoms with E-state index in [0.717, 1.165) is 24.6 Å². The van der Waals surface area contributed by atoms with E-state index in [4.69, 9.17) is 9.15 Å². The molecule has 1 N–H and O–H groups in total. The van der Waals surface area contributed by atoms with Gasteiger partial charge in [-0.2, -0.15) is 5.10 Å². The Morgan fingerprint density at radius 3 is 2.55 bits per heavy atom. The fourth-order valence-corrected chi connectivity index (χ4v) is 3.49. The molecule has 8 nitrogen and oxygen atoms in total. The molecule has 1 aromatic carbocycles. The quantitative estimate of drug-likeness (QED) is 0.536. The van der Waals surface area contributed by atoms with Crippen molar-refractivity contribution in [1.82, 2.24) is 14.8 Å². The van der Waals surface area contributed by atoms with E-state index >= 15 is 0 Å². The van der Waals surface area contributed by atoms with E-state index in [-0.39, 0.29) is 5.91 Å². The molecule has 156 valence electrons. The standard InChI is InChI=1S/C23H21N5O3/c29-23(25-17-8-9-22(24-16-17)27-10-13-30-14-11-27)20-15-19(21-7-4-12-31-21)26-28(20)18-5-2-1-3-6-18/h1-9,12,15-16H,10-11,13-14H2,(H,25,29). The highest BCUT2D eigenvalue weighted by molar-refractivity contribution is 6.04. The first-order chi connectivity index (χ1) is 15.3. The lowest BCUT2D eigenvalue weighted by Crippen LogP contribution is -2.36. The summed E-state index contributed by atoms with van der Waals surface area (Å²) in [5, 5.41) is 7.51. The number of ether oxygens (including phenoxy) is 1. The number of para-hydroxylation sites is 1. The van der Waals surface area contributed by atoms with Crippen LogP contribution in [0.15, 0.2) is 77.5 Å². The number of anilines is 2. The van der Waals surface area contributed by atoms with E-state index in [1.54, 1.807) is 29.3 Å². The Morgan fingerprint density at radius 1 is 1.00 bits per heavy atom. The van der Waals surface area contributed by atoms with Crippen LogP contribution in [0.3, 0.4) is 0 Å². The lowest BCUT2D eigenvalue weighted by Gasteiger charge is -2.27. The molecule has 0 aliphatic carbocycles. The van der Waals surface area contributed by atoms with Crippen molar-refractivity contribution in [3.8, 4) is 17.1 Å². The SMILES string of the molecule is O=C(Nc1ccc(N2CCOCC2)nc1)c1cc(-c2ccco2)nn1-c1ccccc1. The van der Waals surface area contributed by atoms with Gasteiger partial charge in [-0.15, -0.1) is 0 Å². The first kappa shape index (κ1) is 19.1. The van der Waals surface area contributed by atoms with Crippen LogP contribution in [0.2, 0.25) is 0 Å². The number of rotatable bonds is 5. The van der Waals surface area contributed by atoms with E-state index in [0.29, 0.717) is 36.0 Å². The molecule has 0 spiro atoms. The fourth-order valence-electron chi connectivity index (χ4n) is 3.49. The number of amides is 1. The highest BCUT2D eigenvalue weighted by atomic mass is 16.5. The Labute approximate surface area is 179 Å². The van der Waals surface area contributed by atoms with Crippen molar-refractivity contribution in [1.29, 1.82) is 0 Å². The van der Waals surface area contributed by atoms with Crippen molar-refractivity contribution in [2.75, 3.05) is 36.5 Å². The number of hydrogen-bond donors (Lipinski definition) is 1. The first-order valence-corrected chi connectivity index (χ1v) is 10.1. The number of benzene rings is 1. The summed E-state index contributed by atoms with van der Waals surface area (Å²) in [6.07, 6.45) is 3.25. The van der Waals surface area contributed by atoms with Gasteiger partial charge in [0.15, 0.2) is 5.76 Å². The highest BCUT2D eigenvalue weighted by Gasteiger charge is 2.19. The van der Waals surface area contributed by atoms with Gasteiger partial charge in [-0.1, -0.05) is 18.2 Å². The van der Waals surface area contributed by atoms with Gasteiger partial charge in [0, 0.05) is 19.2 Å². The van der Waals surface area contributed by atoms with Crippen molar-refractivity contribution in [3.05, 3.63) is 78.8 Å².